The van der Waals surface area contributed by atoms with Crippen LogP contribution in [0.5, 0.6) is 0 Å². The summed E-state index contributed by atoms with van der Waals surface area (Å²) in [4.78, 5) is 47.0. The van der Waals surface area contributed by atoms with Crippen LogP contribution in [-0.4, -0.2) is 74.2 Å². The molecule has 12 nitrogen and oxygen atoms in total. The predicted molar refractivity (Wildman–Crippen MR) is 129 cm³/mol. The third-order valence-corrected chi connectivity index (χ3v) is 6.70. The molecule has 3 aromatic rings. The standard InChI is InChI=1S/C24H29N7O5/c1-3-31-22-17(12-26-31)21(27-16-6-9-35-20(33)10-16)18(11-25-22)24-29-19(13-36-24)23(34)28-15-4-7-30(8-5-15)14(2)32/h11-13,15-16H,3-10H2,1-2H3,(H,25,27)(H,28,34). The number of carbonyl (C=O) groups excluding carboxylic acids is 3. The molecule has 5 rings (SSSR count). The van der Waals surface area contributed by atoms with Crippen molar-refractivity contribution < 1.29 is 23.5 Å². The number of rotatable bonds is 6. The van der Waals surface area contributed by atoms with Crippen LogP contribution >= 0.6 is 0 Å². The highest BCUT2D eigenvalue weighted by molar-refractivity contribution is 5.98. The Hall–Kier alpha value is -3.96. The van der Waals surface area contributed by atoms with Gasteiger partial charge in [-0.25, -0.2) is 14.6 Å². The van der Waals surface area contributed by atoms with E-state index in [1.54, 1.807) is 28.9 Å². The number of fused-ring (bicyclic) bond motifs is 1. The van der Waals surface area contributed by atoms with E-state index in [9.17, 15) is 14.4 Å². The van der Waals surface area contributed by atoms with E-state index < -0.39 is 0 Å². The van der Waals surface area contributed by atoms with Crippen LogP contribution in [0.4, 0.5) is 5.69 Å². The first-order valence-corrected chi connectivity index (χ1v) is 12.2. The van der Waals surface area contributed by atoms with Gasteiger partial charge in [0, 0.05) is 51.3 Å². The van der Waals surface area contributed by atoms with Crippen LogP contribution in [-0.2, 0) is 20.9 Å². The minimum atomic E-state index is -0.330. The van der Waals surface area contributed by atoms with Gasteiger partial charge in [0.05, 0.1) is 35.9 Å². The van der Waals surface area contributed by atoms with Gasteiger partial charge < -0.3 is 24.7 Å². The molecule has 0 spiro atoms. The number of nitrogens with one attached hydrogen (secondary N) is 2. The number of aryl methyl sites for hydroxylation is 1. The van der Waals surface area contributed by atoms with Crippen molar-refractivity contribution in [2.24, 2.45) is 0 Å². The van der Waals surface area contributed by atoms with Crippen molar-refractivity contribution in [2.45, 2.75) is 58.2 Å². The smallest absolute Gasteiger partial charge is 0.307 e. The number of piperidine rings is 1. The second-order valence-electron chi connectivity index (χ2n) is 9.09. The molecule has 3 aromatic heterocycles. The zero-order valence-corrected chi connectivity index (χ0v) is 20.3. The predicted octanol–water partition coefficient (Wildman–Crippen LogP) is 1.96. The van der Waals surface area contributed by atoms with E-state index in [2.05, 4.69) is 25.7 Å². The molecule has 5 heterocycles. The van der Waals surface area contributed by atoms with E-state index >= 15 is 0 Å². The lowest BCUT2D eigenvalue weighted by Crippen LogP contribution is -2.46. The summed E-state index contributed by atoms with van der Waals surface area (Å²) in [5.41, 5.74) is 2.13. The van der Waals surface area contributed by atoms with Gasteiger partial charge in [-0.05, 0) is 19.8 Å². The first kappa shape index (κ1) is 23.8. The summed E-state index contributed by atoms with van der Waals surface area (Å²) in [7, 11) is 0. The van der Waals surface area contributed by atoms with Crippen molar-refractivity contribution >= 4 is 34.5 Å². The third kappa shape index (κ3) is 4.75. The van der Waals surface area contributed by atoms with Crippen molar-refractivity contribution in [3.8, 4) is 11.5 Å². The van der Waals surface area contributed by atoms with Crippen LogP contribution < -0.4 is 10.6 Å². The van der Waals surface area contributed by atoms with Crippen molar-refractivity contribution in [2.75, 3.05) is 25.0 Å². The summed E-state index contributed by atoms with van der Waals surface area (Å²) in [5, 5.41) is 11.6. The van der Waals surface area contributed by atoms with Gasteiger partial charge in [-0.15, -0.1) is 0 Å². The molecule has 2 aliphatic heterocycles. The number of carbonyl (C=O) groups is 3. The van der Waals surface area contributed by atoms with Crippen LogP contribution in [0.3, 0.4) is 0 Å². The molecule has 1 unspecified atom stereocenters. The normalized spacial score (nSPS) is 18.8. The second kappa shape index (κ2) is 9.96. The highest BCUT2D eigenvalue weighted by Crippen LogP contribution is 2.34. The average molecular weight is 496 g/mol. The Morgan fingerprint density at radius 1 is 1.17 bits per heavy atom. The maximum absolute atomic E-state index is 12.9. The number of hydrogen-bond donors (Lipinski definition) is 2. The SMILES string of the molecule is CCn1ncc2c(NC3CCOC(=O)C3)c(-c3nc(C(=O)NC4CCN(C(C)=O)CC4)co3)cnc21. The van der Waals surface area contributed by atoms with Gasteiger partial charge in [0.1, 0.15) is 6.26 Å². The van der Waals surface area contributed by atoms with Crippen LogP contribution in [0.15, 0.2) is 23.1 Å². The Kier molecular flexibility index (Phi) is 6.57. The molecular formula is C24H29N7O5. The van der Waals surface area contributed by atoms with Gasteiger partial charge in [-0.3, -0.25) is 14.4 Å². The van der Waals surface area contributed by atoms with Crippen molar-refractivity contribution in [1.82, 2.24) is 30.0 Å². The molecule has 2 saturated heterocycles. The Morgan fingerprint density at radius 2 is 1.97 bits per heavy atom. The quantitative estimate of drug-likeness (QED) is 0.490. The van der Waals surface area contributed by atoms with E-state index in [0.29, 0.717) is 62.4 Å². The van der Waals surface area contributed by atoms with Gasteiger partial charge in [-0.1, -0.05) is 0 Å². The lowest BCUT2D eigenvalue weighted by atomic mass is 10.0. The molecule has 0 aliphatic carbocycles. The second-order valence-corrected chi connectivity index (χ2v) is 9.09. The molecule has 0 saturated carbocycles. The van der Waals surface area contributed by atoms with E-state index in [0.717, 1.165) is 5.39 Å². The molecule has 2 fully saturated rings. The van der Waals surface area contributed by atoms with Gasteiger partial charge in [0.25, 0.3) is 5.91 Å². The molecule has 0 aromatic carbocycles. The van der Waals surface area contributed by atoms with Crippen LogP contribution in [0.2, 0.25) is 0 Å². The number of anilines is 1. The number of ether oxygens (including phenoxy) is 1. The maximum atomic E-state index is 12.9. The lowest BCUT2D eigenvalue weighted by molar-refractivity contribution is -0.147. The summed E-state index contributed by atoms with van der Waals surface area (Å²) in [6.07, 6.45) is 6.99. The van der Waals surface area contributed by atoms with Crippen LogP contribution in [0.25, 0.3) is 22.5 Å². The molecule has 12 heteroatoms. The number of amides is 2. The number of pyridine rings is 1. The molecule has 0 radical (unpaired) electrons. The molecule has 2 amide bonds. The van der Waals surface area contributed by atoms with E-state index in [1.165, 1.54) is 6.26 Å². The molecule has 0 bridgehead atoms. The van der Waals surface area contributed by atoms with E-state index in [-0.39, 0.29) is 47.9 Å². The minimum absolute atomic E-state index is 0.0329. The highest BCUT2D eigenvalue weighted by Gasteiger charge is 2.27. The first-order valence-electron chi connectivity index (χ1n) is 12.2. The average Bonchev–Trinajstić information content (AvgIpc) is 3.52. The number of esters is 1. The third-order valence-electron chi connectivity index (χ3n) is 6.70. The van der Waals surface area contributed by atoms with Crippen LogP contribution in [0.1, 0.15) is 50.0 Å². The monoisotopic (exact) mass is 495 g/mol. The van der Waals surface area contributed by atoms with Gasteiger partial charge in [0.15, 0.2) is 11.3 Å². The summed E-state index contributed by atoms with van der Waals surface area (Å²) >= 11 is 0. The molecule has 36 heavy (non-hydrogen) atoms. The van der Waals surface area contributed by atoms with Crippen molar-refractivity contribution in [3.05, 3.63) is 24.4 Å². The Morgan fingerprint density at radius 3 is 2.69 bits per heavy atom. The molecule has 2 N–H and O–H groups in total. The van der Waals surface area contributed by atoms with Crippen molar-refractivity contribution in [3.63, 3.8) is 0 Å². The highest BCUT2D eigenvalue weighted by atomic mass is 16.5. The topological polar surface area (TPSA) is 144 Å². The number of aromatic nitrogens is 4. The van der Waals surface area contributed by atoms with Gasteiger partial charge in [-0.2, -0.15) is 5.10 Å². The summed E-state index contributed by atoms with van der Waals surface area (Å²) in [6, 6.07) is -0.159. The molecule has 2 aliphatic rings. The zero-order chi connectivity index (χ0) is 25.2. The number of oxazole rings is 1. The number of nitrogens with zero attached hydrogens (tertiary/aromatic N) is 5. The minimum Gasteiger partial charge on any atom is -0.466 e. The summed E-state index contributed by atoms with van der Waals surface area (Å²) < 4.78 is 12.6. The number of likely N-dealkylation sites (tertiary alicyclic amines) is 1. The van der Waals surface area contributed by atoms with Gasteiger partial charge in [0.2, 0.25) is 11.8 Å². The first-order chi connectivity index (χ1) is 17.4. The largest absolute Gasteiger partial charge is 0.466 e. The zero-order valence-electron chi connectivity index (χ0n) is 20.3. The fourth-order valence-electron chi connectivity index (χ4n) is 4.68. The summed E-state index contributed by atoms with van der Waals surface area (Å²) in [6.45, 7) is 5.77. The summed E-state index contributed by atoms with van der Waals surface area (Å²) in [5.74, 6) is -0.292. The Bertz CT molecular complexity index is 1290. The fraction of sp³-hybridized carbons (Fsp3) is 0.500. The Labute approximate surface area is 207 Å². The van der Waals surface area contributed by atoms with E-state index in [4.69, 9.17) is 9.15 Å². The van der Waals surface area contributed by atoms with E-state index in [1.807, 2.05) is 6.92 Å². The number of cyclic esters (lactones) is 1. The van der Waals surface area contributed by atoms with Crippen LogP contribution in [0, 0.1) is 0 Å². The van der Waals surface area contributed by atoms with Gasteiger partial charge >= 0.3 is 5.97 Å². The maximum Gasteiger partial charge on any atom is 0.307 e. The van der Waals surface area contributed by atoms with Crippen molar-refractivity contribution in [1.29, 1.82) is 0 Å². The fourth-order valence-corrected chi connectivity index (χ4v) is 4.68. The molecular weight excluding hydrogens is 466 g/mol. The Balaban J connectivity index is 1.38. The molecule has 1 atom stereocenters. The molecule has 190 valence electrons. The lowest BCUT2D eigenvalue weighted by Gasteiger charge is -2.31. The number of hydrogen-bond acceptors (Lipinski definition) is 9.